The van der Waals surface area contributed by atoms with Gasteiger partial charge in [0, 0.05) is 0 Å². The Kier molecular flexibility index (Phi) is 4.66. The minimum Gasteiger partial charge on any atom is -0.389 e. The SMILES string of the molecule is O[Si](O)(O)C1([Si](O)(O)O)C=CC(C=Cc2ccccc2)=CC1. The molecule has 1 aromatic rings. The molecule has 0 atom stereocenters. The van der Waals surface area contributed by atoms with Gasteiger partial charge in [0.25, 0.3) is 0 Å². The van der Waals surface area contributed by atoms with Crippen LogP contribution in [0.1, 0.15) is 12.0 Å². The zero-order valence-corrected chi connectivity index (χ0v) is 13.7. The molecule has 6 N–H and O–H groups in total. The molecule has 1 aliphatic carbocycles. The fraction of sp³-hybridized carbons (Fsp3) is 0.143. The van der Waals surface area contributed by atoms with E-state index in [2.05, 4.69) is 0 Å². The molecule has 0 fully saturated rings. The first-order valence-electron chi connectivity index (χ1n) is 6.62. The molecule has 0 aliphatic heterocycles. The lowest BCUT2D eigenvalue weighted by molar-refractivity contribution is 0.153. The first kappa shape index (κ1) is 17.0. The molecule has 1 aromatic carbocycles. The van der Waals surface area contributed by atoms with Gasteiger partial charge in [-0.1, -0.05) is 60.7 Å². The zero-order valence-electron chi connectivity index (χ0n) is 11.7. The van der Waals surface area contributed by atoms with E-state index in [4.69, 9.17) is 0 Å². The van der Waals surface area contributed by atoms with Crippen molar-refractivity contribution in [1.82, 2.24) is 0 Å². The highest BCUT2D eigenvalue weighted by Crippen LogP contribution is 2.47. The van der Waals surface area contributed by atoms with Gasteiger partial charge in [-0.2, -0.15) is 0 Å². The molecule has 2 rings (SSSR count). The molecular weight excluding hydrogens is 320 g/mol. The maximum Gasteiger partial charge on any atom is 0.508 e. The zero-order chi connectivity index (χ0) is 16.4. The minimum absolute atomic E-state index is 0.274. The van der Waals surface area contributed by atoms with E-state index in [0.717, 1.165) is 11.6 Å². The second kappa shape index (κ2) is 6.03. The van der Waals surface area contributed by atoms with Crippen molar-refractivity contribution in [2.45, 2.75) is 11.1 Å². The summed E-state index contributed by atoms with van der Waals surface area (Å²) in [5, 5.41) is 0. The summed E-state index contributed by atoms with van der Waals surface area (Å²) in [5.74, 6) is 0. The van der Waals surface area contributed by atoms with Crippen molar-refractivity contribution >= 4 is 23.7 Å². The molecule has 0 radical (unpaired) electrons. The second-order valence-electron chi connectivity index (χ2n) is 5.23. The average molecular weight is 338 g/mol. The van der Waals surface area contributed by atoms with E-state index in [1.807, 2.05) is 36.4 Å². The highest BCUT2D eigenvalue weighted by Gasteiger charge is 2.68. The van der Waals surface area contributed by atoms with Crippen LogP contribution >= 0.6 is 0 Å². The highest BCUT2D eigenvalue weighted by atomic mass is 28.5. The maximum absolute atomic E-state index is 9.53. The number of hydrogen-bond acceptors (Lipinski definition) is 6. The topological polar surface area (TPSA) is 121 Å². The molecule has 0 saturated carbocycles. The molecule has 0 heterocycles. The van der Waals surface area contributed by atoms with Crippen molar-refractivity contribution in [3.63, 3.8) is 0 Å². The molecule has 0 aromatic heterocycles. The summed E-state index contributed by atoms with van der Waals surface area (Å²) in [6.07, 6.45) is 7.33. The third-order valence-corrected chi connectivity index (χ3v) is 8.83. The van der Waals surface area contributed by atoms with E-state index < -0.39 is 22.3 Å². The van der Waals surface area contributed by atoms with Crippen LogP contribution in [0.5, 0.6) is 0 Å². The van der Waals surface area contributed by atoms with Gasteiger partial charge in [0.1, 0.15) is 4.66 Å². The Balaban J connectivity index is 2.22. The van der Waals surface area contributed by atoms with Gasteiger partial charge in [-0.25, -0.2) is 0 Å². The third kappa shape index (κ3) is 3.34. The normalized spacial score (nSPS) is 18.5. The standard InChI is InChI=1S/C14H18O6Si2/c15-21(16,17)14(22(18,19)20)10-8-13(9-11-14)7-6-12-4-2-1-3-5-12/h1-10,15-20H,11H2. The molecule has 8 heteroatoms. The quantitative estimate of drug-likeness (QED) is 0.419. The summed E-state index contributed by atoms with van der Waals surface area (Å²) >= 11 is 0. The third-order valence-electron chi connectivity index (χ3n) is 3.68. The van der Waals surface area contributed by atoms with Crippen LogP contribution in [0.2, 0.25) is 4.66 Å². The Morgan fingerprint density at radius 1 is 0.864 bits per heavy atom. The van der Waals surface area contributed by atoms with Gasteiger partial charge in [-0.05, 0) is 17.6 Å². The van der Waals surface area contributed by atoms with Crippen molar-refractivity contribution in [2.24, 2.45) is 0 Å². The van der Waals surface area contributed by atoms with Crippen molar-refractivity contribution in [3.8, 4) is 0 Å². The largest absolute Gasteiger partial charge is 0.508 e. The van der Waals surface area contributed by atoms with Gasteiger partial charge in [0.05, 0.1) is 0 Å². The van der Waals surface area contributed by atoms with E-state index >= 15 is 0 Å². The molecule has 6 nitrogen and oxygen atoms in total. The summed E-state index contributed by atoms with van der Waals surface area (Å²) in [5.41, 5.74) is 1.66. The van der Waals surface area contributed by atoms with Crippen molar-refractivity contribution in [2.75, 3.05) is 0 Å². The monoisotopic (exact) mass is 338 g/mol. The molecule has 0 bridgehead atoms. The molecule has 0 amide bonds. The fourth-order valence-corrected chi connectivity index (χ4v) is 5.42. The lowest BCUT2D eigenvalue weighted by Crippen LogP contribution is -2.64. The fourth-order valence-electron chi connectivity index (χ4n) is 2.26. The summed E-state index contributed by atoms with van der Waals surface area (Å²) in [7, 11) is -10.0. The van der Waals surface area contributed by atoms with Crippen LogP contribution in [0, 0.1) is 0 Å². The van der Waals surface area contributed by atoms with Gasteiger partial charge < -0.3 is 28.8 Å². The van der Waals surface area contributed by atoms with Gasteiger partial charge in [-0.3, -0.25) is 0 Å². The van der Waals surface area contributed by atoms with E-state index in [1.165, 1.54) is 12.2 Å². The predicted octanol–water partition coefficient (Wildman–Crippen LogP) is -0.303. The number of benzene rings is 1. The average Bonchev–Trinajstić information content (AvgIpc) is 2.44. The second-order valence-corrected chi connectivity index (χ2v) is 10.1. The van der Waals surface area contributed by atoms with Crippen LogP contribution in [0.25, 0.3) is 6.08 Å². The van der Waals surface area contributed by atoms with Crippen LogP contribution in [0.15, 0.2) is 60.2 Å². The molecule has 1 aliphatic rings. The Labute approximate surface area is 130 Å². The Morgan fingerprint density at radius 2 is 1.45 bits per heavy atom. The molecule has 0 unspecified atom stereocenters. The summed E-state index contributed by atoms with van der Waals surface area (Å²) in [6, 6.07) is 9.50. The van der Waals surface area contributed by atoms with E-state index in [0.29, 0.717) is 5.57 Å². The van der Waals surface area contributed by atoms with E-state index in [9.17, 15) is 28.8 Å². The van der Waals surface area contributed by atoms with Gasteiger partial charge in [0.2, 0.25) is 0 Å². The van der Waals surface area contributed by atoms with Crippen LogP contribution < -0.4 is 0 Å². The summed E-state index contributed by atoms with van der Waals surface area (Å²) in [6.45, 7) is 0. The Bertz CT molecular complexity index is 596. The minimum atomic E-state index is -5.00. The molecule has 118 valence electrons. The summed E-state index contributed by atoms with van der Waals surface area (Å²) < 4.78 is -2.19. The maximum atomic E-state index is 9.53. The smallest absolute Gasteiger partial charge is 0.389 e. The van der Waals surface area contributed by atoms with E-state index in [-0.39, 0.29) is 6.42 Å². The molecule has 0 spiro atoms. The Morgan fingerprint density at radius 3 is 1.91 bits per heavy atom. The van der Waals surface area contributed by atoms with Gasteiger partial charge in [0.15, 0.2) is 0 Å². The number of allylic oxidation sites excluding steroid dienone is 5. The Hall–Kier alpha value is -1.37. The van der Waals surface area contributed by atoms with Gasteiger partial charge in [-0.15, -0.1) is 0 Å². The highest BCUT2D eigenvalue weighted by molar-refractivity contribution is 6.82. The lowest BCUT2D eigenvalue weighted by Gasteiger charge is -2.38. The number of hydrogen-bond donors (Lipinski definition) is 6. The van der Waals surface area contributed by atoms with Crippen molar-refractivity contribution in [1.29, 1.82) is 0 Å². The van der Waals surface area contributed by atoms with Crippen LogP contribution in [-0.4, -0.2) is 46.4 Å². The molecule has 22 heavy (non-hydrogen) atoms. The first-order chi connectivity index (χ1) is 10.2. The van der Waals surface area contributed by atoms with Gasteiger partial charge >= 0.3 is 17.6 Å². The van der Waals surface area contributed by atoms with Crippen LogP contribution in [0.4, 0.5) is 0 Å². The molecular formula is C14H18O6Si2. The van der Waals surface area contributed by atoms with Crippen LogP contribution in [-0.2, 0) is 0 Å². The van der Waals surface area contributed by atoms with Crippen molar-refractivity contribution < 1.29 is 28.8 Å². The number of rotatable bonds is 4. The lowest BCUT2D eigenvalue weighted by atomic mass is 10.0. The summed E-state index contributed by atoms with van der Waals surface area (Å²) in [4.78, 5) is 57.2. The predicted molar refractivity (Wildman–Crippen MR) is 84.8 cm³/mol. The van der Waals surface area contributed by atoms with E-state index in [1.54, 1.807) is 6.08 Å². The van der Waals surface area contributed by atoms with Crippen molar-refractivity contribution in [3.05, 3.63) is 65.8 Å². The van der Waals surface area contributed by atoms with Crippen LogP contribution in [0.3, 0.4) is 0 Å². The molecule has 0 saturated heterocycles. The first-order valence-corrected chi connectivity index (χ1v) is 10.3.